The van der Waals surface area contributed by atoms with Gasteiger partial charge in [-0.15, -0.1) is 0 Å². The average Bonchev–Trinajstić information content (AvgIpc) is 2.39. The number of hydrogen-bond acceptors (Lipinski definition) is 5. The van der Waals surface area contributed by atoms with Crippen molar-refractivity contribution in [2.75, 3.05) is 44.0 Å². The predicted molar refractivity (Wildman–Crippen MR) is 85.2 cm³/mol. The Balaban J connectivity index is 2.45. The number of carbonyl (C=O) groups is 2. The Hall–Kier alpha value is -2.00. The van der Waals surface area contributed by atoms with E-state index in [9.17, 15) is 22.4 Å². The minimum Gasteiger partial charge on any atom is -0.354 e. The van der Waals surface area contributed by atoms with E-state index in [-0.39, 0.29) is 5.69 Å². The molecule has 0 aliphatic heterocycles. The number of hydrogen-bond donors (Lipinski definition) is 2. The molecule has 0 heterocycles. The zero-order valence-corrected chi connectivity index (χ0v) is 13.8. The number of anilines is 1. The molecule has 23 heavy (non-hydrogen) atoms. The molecule has 0 unspecified atom stereocenters. The standard InChI is InChI=1S/C14H20FN3O4S/c1-18(2)8-7-16-13(19)9-23(21,22)10-14(20)17-12-5-3-11(15)4-6-12/h3-6H,7-10H2,1-2H3,(H,16,19)(H,17,20). The molecule has 1 aromatic rings. The summed E-state index contributed by atoms with van der Waals surface area (Å²) in [7, 11) is -0.227. The van der Waals surface area contributed by atoms with Crippen molar-refractivity contribution in [1.29, 1.82) is 0 Å². The van der Waals surface area contributed by atoms with Gasteiger partial charge in [-0.05, 0) is 38.4 Å². The van der Waals surface area contributed by atoms with Crippen LogP contribution in [-0.2, 0) is 19.4 Å². The van der Waals surface area contributed by atoms with E-state index in [1.54, 1.807) is 0 Å². The average molecular weight is 345 g/mol. The first kappa shape index (κ1) is 19.0. The van der Waals surface area contributed by atoms with Crippen LogP contribution in [0.15, 0.2) is 24.3 Å². The number of nitrogens with one attached hydrogen (secondary N) is 2. The molecule has 0 spiro atoms. The minimum atomic E-state index is -3.87. The monoisotopic (exact) mass is 345 g/mol. The normalized spacial score (nSPS) is 11.3. The van der Waals surface area contributed by atoms with Gasteiger partial charge in [-0.1, -0.05) is 0 Å². The van der Waals surface area contributed by atoms with Crippen LogP contribution in [-0.4, -0.2) is 63.8 Å². The van der Waals surface area contributed by atoms with E-state index >= 15 is 0 Å². The molecule has 0 atom stereocenters. The van der Waals surface area contributed by atoms with Crippen LogP contribution in [0.3, 0.4) is 0 Å². The third-order valence-electron chi connectivity index (χ3n) is 2.71. The first-order valence-corrected chi connectivity index (χ1v) is 8.67. The Labute approximate surface area is 134 Å². The number of sulfone groups is 1. The first-order valence-electron chi connectivity index (χ1n) is 6.85. The van der Waals surface area contributed by atoms with E-state index in [1.807, 2.05) is 19.0 Å². The summed E-state index contributed by atoms with van der Waals surface area (Å²) in [5.41, 5.74) is 0.280. The molecule has 0 bridgehead atoms. The predicted octanol–water partition coefficient (Wildman–Crippen LogP) is -0.143. The van der Waals surface area contributed by atoms with Gasteiger partial charge in [0, 0.05) is 18.8 Å². The summed E-state index contributed by atoms with van der Waals surface area (Å²) in [4.78, 5) is 25.0. The van der Waals surface area contributed by atoms with E-state index in [1.165, 1.54) is 12.1 Å². The van der Waals surface area contributed by atoms with Gasteiger partial charge in [0.2, 0.25) is 11.8 Å². The highest BCUT2D eigenvalue weighted by Crippen LogP contribution is 2.08. The number of benzene rings is 1. The summed E-state index contributed by atoms with van der Waals surface area (Å²) >= 11 is 0. The van der Waals surface area contributed by atoms with Gasteiger partial charge in [-0.3, -0.25) is 9.59 Å². The molecule has 0 fully saturated rings. The fourth-order valence-electron chi connectivity index (χ4n) is 1.65. The number of amides is 2. The third-order valence-corrected chi connectivity index (χ3v) is 4.12. The lowest BCUT2D eigenvalue weighted by molar-refractivity contribution is -0.118. The van der Waals surface area contributed by atoms with Gasteiger partial charge in [-0.25, -0.2) is 12.8 Å². The smallest absolute Gasteiger partial charge is 0.239 e. The second-order valence-corrected chi connectivity index (χ2v) is 7.31. The number of rotatable bonds is 8. The van der Waals surface area contributed by atoms with Crippen molar-refractivity contribution in [3.63, 3.8) is 0 Å². The summed E-state index contributed by atoms with van der Waals surface area (Å²) in [6, 6.07) is 4.91. The molecule has 1 aromatic carbocycles. The lowest BCUT2D eigenvalue weighted by atomic mass is 10.3. The number of nitrogens with zero attached hydrogens (tertiary/aromatic N) is 1. The highest BCUT2D eigenvalue weighted by atomic mass is 32.2. The number of carbonyl (C=O) groups excluding carboxylic acids is 2. The van der Waals surface area contributed by atoms with Gasteiger partial charge < -0.3 is 15.5 Å². The molecule has 9 heteroatoms. The Morgan fingerprint density at radius 2 is 1.65 bits per heavy atom. The largest absolute Gasteiger partial charge is 0.354 e. The van der Waals surface area contributed by atoms with Crippen molar-refractivity contribution in [1.82, 2.24) is 10.2 Å². The molecule has 0 aliphatic rings. The van der Waals surface area contributed by atoms with E-state index in [2.05, 4.69) is 10.6 Å². The minimum absolute atomic E-state index is 0.280. The van der Waals surface area contributed by atoms with Crippen molar-refractivity contribution < 1.29 is 22.4 Å². The van der Waals surface area contributed by atoms with Crippen LogP contribution in [0.2, 0.25) is 0 Å². The maximum atomic E-state index is 12.7. The van der Waals surface area contributed by atoms with Gasteiger partial charge in [0.25, 0.3) is 0 Å². The van der Waals surface area contributed by atoms with Crippen LogP contribution in [0.25, 0.3) is 0 Å². The molecule has 2 N–H and O–H groups in total. The first-order chi connectivity index (χ1) is 10.7. The topological polar surface area (TPSA) is 95.6 Å². The van der Waals surface area contributed by atoms with Crippen LogP contribution < -0.4 is 10.6 Å². The molecule has 128 valence electrons. The maximum Gasteiger partial charge on any atom is 0.239 e. The molecule has 0 aromatic heterocycles. The van der Waals surface area contributed by atoms with Crippen LogP contribution in [0.5, 0.6) is 0 Å². The Kier molecular flexibility index (Phi) is 7.11. The summed E-state index contributed by atoms with van der Waals surface area (Å²) < 4.78 is 36.3. The highest BCUT2D eigenvalue weighted by Gasteiger charge is 2.20. The van der Waals surface area contributed by atoms with Crippen LogP contribution in [0, 0.1) is 5.82 Å². The molecule has 0 radical (unpaired) electrons. The molecule has 1 rings (SSSR count). The van der Waals surface area contributed by atoms with Crippen molar-refractivity contribution >= 4 is 27.3 Å². The lowest BCUT2D eigenvalue weighted by Crippen LogP contribution is -2.37. The molecule has 7 nitrogen and oxygen atoms in total. The van der Waals surface area contributed by atoms with E-state index in [4.69, 9.17) is 0 Å². The maximum absolute atomic E-state index is 12.7. The Morgan fingerprint density at radius 1 is 1.09 bits per heavy atom. The molecular weight excluding hydrogens is 325 g/mol. The molecule has 0 aliphatic carbocycles. The second kappa shape index (κ2) is 8.59. The van der Waals surface area contributed by atoms with Crippen molar-refractivity contribution in [2.24, 2.45) is 0 Å². The van der Waals surface area contributed by atoms with Crippen molar-refractivity contribution in [2.45, 2.75) is 0 Å². The zero-order valence-electron chi connectivity index (χ0n) is 13.0. The third kappa shape index (κ3) is 8.27. The summed E-state index contributed by atoms with van der Waals surface area (Å²) in [5.74, 6) is -3.47. The van der Waals surface area contributed by atoms with Gasteiger partial charge in [0.1, 0.15) is 17.3 Å². The van der Waals surface area contributed by atoms with Crippen LogP contribution in [0.1, 0.15) is 0 Å². The SMILES string of the molecule is CN(C)CCNC(=O)CS(=O)(=O)CC(=O)Nc1ccc(F)cc1. The fourth-order valence-corrected chi connectivity index (χ4v) is 2.73. The quantitative estimate of drug-likeness (QED) is 0.684. The number of likely N-dealkylation sites (N-methyl/N-ethyl adjacent to an activating group) is 1. The zero-order chi connectivity index (χ0) is 17.5. The van der Waals surface area contributed by atoms with E-state index < -0.39 is 39.0 Å². The lowest BCUT2D eigenvalue weighted by Gasteiger charge is -2.10. The van der Waals surface area contributed by atoms with Crippen LogP contribution >= 0.6 is 0 Å². The highest BCUT2D eigenvalue weighted by molar-refractivity contribution is 7.92. The second-order valence-electron chi connectivity index (χ2n) is 5.24. The van der Waals surface area contributed by atoms with Gasteiger partial charge >= 0.3 is 0 Å². The summed E-state index contributed by atoms with van der Waals surface area (Å²) in [5, 5.41) is 4.80. The fraction of sp³-hybridized carbons (Fsp3) is 0.429. The molecule has 2 amide bonds. The van der Waals surface area contributed by atoms with E-state index in [0.717, 1.165) is 12.1 Å². The Bertz CT molecular complexity index is 644. The van der Waals surface area contributed by atoms with Gasteiger partial charge in [0.05, 0.1) is 0 Å². The molecular formula is C14H20FN3O4S. The Morgan fingerprint density at radius 3 is 2.22 bits per heavy atom. The van der Waals surface area contributed by atoms with Gasteiger partial charge in [-0.2, -0.15) is 0 Å². The van der Waals surface area contributed by atoms with Crippen molar-refractivity contribution in [3.05, 3.63) is 30.1 Å². The van der Waals surface area contributed by atoms with E-state index in [0.29, 0.717) is 13.1 Å². The molecule has 0 saturated heterocycles. The van der Waals surface area contributed by atoms with Gasteiger partial charge in [0.15, 0.2) is 9.84 Å². The molecule has 0 saturated carbocycles. The van der Waals surface area contributed by atoms with Crippen LogP contribution in [0.4, 0.5) is 10.1 Å². The number of halogens is 1. The summed E-state index contributed by atoms with van der Waals surface area (Å²) in [6.07, 6.45) is 0. The summed E-state index contributed by atoms with van der Waals surface area (Å²) in [6.45, 7) is 0.903. The van der Waals surface area contributed by atoms with Crippen molar-refractivity contribution in [3.8, 4) is 0 Å².